The molecule has 0 amide bonds. The Morgan fingerprint density at radius 1 is 1.29 bits per heavy atom. The number of rotatable bonds is 1. The SMILES string of the molecule is Cc1ccc(C(=O)O)c(C)c1.N.[Cl-].[Pt+4]. The predicted molar refractivity (Wildman–Crippen MR) is 47.9 cm³/mol. The third kappa shape index (κ3) is 4.75. The van der Waals surface area contributed by atoms with Crippen molar-refractivity contribution < 1.29 is 43.4 Å². The van der Waals surface area contributed by atoms with Crippen molar-refractivity contribution in [3.8, 4) is 0 Å². The minimum Gasteiger partial charge on any atom is -1.00 e. The Morgan fingerprint density at radius 3 is 2.14 bits per heavy atom. The molecular formula is C9H13ClNO2Pt+3. The Labute approximate surface area is 104 Å². The Balaban J connectivity index is -0.000000403. The molecule has 0 bridgehead atoms. The van der Waals surface area contributed by atoms with Crippen molar-refractivity contribution in [1.29, 1.82) is 0 Å². The van der Waals surface area contributed by atoms with Gasteiger partial charge in [0.05, 0.1) is 5.56 Å². The summed E-state index contributed by atoms with van der Waals surface area (Å²) in [5.41, 5.74) is 2.29. The van der Waals surface area contributed by atoms with Crippen LogP contribution in [-0.2, 0) is 21.1 Å². The fourth-order valence-electron chi connectivity index (χ4n) is 1.05. The average molecular weight is 398 g/mol. The minimum absolute atomic E-state index is 0. The largest absolute Gasteiger partial charge is 4.00 e. The van der Waals surface area contributed by atoms with Crippen LogP contribution in [0, 0.1) is 13.8 Å². The van der Waals surface area contributed by atoms with Gasteiger partial charge in [0.15, 0.2) is 0 Å². The molecule has 0 saturated carbocycles. The fourth-order valence-corrected chi connectivity index (χ4v) is 1.05. The third-order valence-corrected chi connectivity index (χ3v) is 1.61. The molecule has 80 valence electrons. The van der Waals surface area contributed by atoms with E-state index in [2.05, 4.69) is 0 Å². The summed E-state index contributed by atoms with van der Waals surface area (Å²) < 4.78 is 0. The molecule has 0 saturated heterocycles. The molecule has 14 heavy (non-hydrogen) atoms. The van der Waals surface area contributed by atoms with E-state index in [4.69, 9.17) is 5.11 Å². The van der Waals surface area contributed by atoms with Crippen LogP contribution in [0.2, 0.25) is 0 Å². The maximum Gasteiger partial charge on any atom is 4.00 e. The molecule has 0 aliphatic heterocycles. The van der Waals surface area contributed by atoms with Crippen LogP contribution < -0.4 is 18.6 Å². The van der Waals surface area contributed by atoms with Crippen molar-refractivity contribution in [3.05, 3.63) is 34.9 Å². The maximum absolute atomic E-state index is 10.5. The van der Waals surface area contributed by atoms with E-state index in [-0.39, 0.29) is 39.6 Å². The maximum atomic E-state index is 10.5. The van der Waals surface area contributed by atoms with Crippen LogP contribution in [0.15, 0.2) is 18.2 Å². The van der Waals surface area contributed by atoms with Crippen LogP contribution >= 0.6 is 0 Å². The Morgan fingerprint density at radius 2 is 1.79 bits per heavy atom. The van der Waals surface area contributed by atoms with Gasteiger partial charge in [0.1, 0.15) is 0 Å². The monoisotopic (exact) mass is 397 g/mol. The summed E-state index contributed by atoms with van der Waals surface area (Å²) in [6.07, 6.45) is 0. The Hall–Kier alpha value is -0.372. The van der Waals surface area contributed by atoms with Crippen molar-refractivity contribution in [3.63, 3.8) is 0 Å². The number of carboxylic acids is 1. The molecule has 1 aromatic rings. The molecule has 0 fully saturated rings. The van der Waals surface area contributed by atoms with Crippen molar-refractivity contribution in [1.82, 2.24) is 6.15 Å². The van der Waals surface area contributed by atoms with Gasteiger partial charge in [0.2, 0.25) is 0 Å². The van der Waals surface area contributed by atoms with Crippen molar-refractivity contribution >= 4 is 5.97 Å². The number of benzene rings is 1. The summed E-state index contributed by atoms with van der Waals surface area (Å²) in [5, 5.41) is 8.66. The Kier molecular flexibility index (Phi) is 11.0. The van der Waals surface area contributed by atoms with E-state index in [1.807, 2.05) is 13.0 Å². The molecule has 0 spiro atoms. The molecule has 4 N–H and O–H groups in total. The van der Waals surface area contributed by atoms with E-state index in [1.54, 1.807) is 19.1 Å². The van der Waals surface area contributed by atoms with Crippen LogP contribution in [-0.4, -0.2) is 11.1 Å². The Bertz CT molecular complexity index is 305. The number of carboxylic acid groups (broad SMARTS) is 1. The summed E-state index contributed by atoms with van der Waals surface area (Å²) in [6.45, 7) is 3.75. The van der Waals surface area contributed by atoms with Gasteiger partial charge < -0.3 is 23.7 Å². The van der Waals surface area contributed by atoms with Gasteiger partial charge >= 0.3 is 27.0 Å². The molecule has 0 aliphatic carbocycles. The van der Waals surface area contributed by atoms with Gasteiger partial charge in [-0.05, 0) is 25.5 Å². The predicted octanol–water partition coefficient (Wildman–Crippen LogP) is -0.835. The van der Waals surface area contributed by atoms with E-state index in [1.165, 1.54) is 0 Å². The molecule has 0 heterocycles. The van der Waals surface area contributed by atoms with E-state index >= 15 is 0 Å². The van der Waals surface area contributed by atoms with Gasteiger partial charge in [0, 0.05) is 0 Å². The normalized spacial score (nSPS) is 7.57. The summed E-state index contributed by atoms with van der Waals surface area (Å²) >= 11 is 0. The number of aromatic carboxylic acids is 1. The molecular weight excluding hydrogens is 385 g/mol. The van der Waals surface area contributed by atoms with Crippen molar-refractivity contribution in [2.24, 2.45) is 0 Å². The van der Waals surface area contributed by atoms with Crippen molar-refractivity contribution in [2.45, 2.75) is 13.8 Å². The van der Waals surface area contributed by atoms with Crippen LogP contribution in [0.1, 0.15) is 21.5 Å². The molecule has 0 radical (unpaired) electrons. The molecule has 1 rings (SSSR count). The summed E-state index contributed by atoms with van der Waals surface area (Å²) in [6, 6.07) is 5.30. The number of hydrogen-bond acceptors (Lipinski definition) is 2. The first-order chi connectivity index (χ1) is 5.11. The molecule has 5 heteroatoms. The average Bonchev–Trinajstić information content (AvgIpc) is 1.85. The number of hydrogen-bond donors (Lipinski definition) is 2. The summed E-state index contributed by atoms with van der Waals surface area (Å²) in [7, 11) is 0. The van der Waals surface area contributed by atoms with Gasteiger partial charge in [-0.3, -0.25) is 0 Å². The fraction of sp³-hybridized carbons (Fsp3) is 0.222. The third-order valence-electron chi connectivity index (χ3n) is 1.61. The van der Waals surface area contributed by atoms with Crippen LogP contribution in [0.4, 0.5) is 0 Å². The molecule has 0 aliphatic rings. The number of aryl methyl sites for hydroxylation is 2. The zero-order valence-corrected chi connectivity index (χ0v) is 11.0. The first kappa shape index (κ1) is 19.2. The van der Waals surface area contributed by atoms with Gasteiger partial charge in [0.25, 0.3) is 0 Å². The first-order valence-corrected chi connectivity index (χ1v) is 3.42. The smallest absolute Gasteiger partial charge is 1.00 e. The first-order valence-electron chi connectivity index (χ1n) is 3.42. The zero-order chi connectivity index (χ0) is 8.43. The van der Waals surface area contributed by atoms with E-state index < -0.39 is 5.97 Å². The molecule has 0 unspecified atom stereocenters. The molecule has 1 aromatic carbocycles. The number of carbonyl (C=O) groups is 1. The minimum atomic E-state index is -0.859. The zero-order valence-electron chi connectivity index (χ0n) is 7.99. The van der Waals surface area contributed by atoms with Gasteiger partial charge in [-0.2, -0.15) is 0 Å². The standard InChI is InChI=1S/C9H10O2.ClH.H3N.Pt/c1-6-3-4-8(9(10)11)7(2)5-6;;;/h3-5H,1-2H3,(H,10,11);1H;1H3;/q;;;+4/p-1. The van der Waals surface area contributed by atoms with Crippen LogP contribution in [0.5, 0.6) is 0 Å². The molecule has 0 aromatic heterocycles. The summed E-state index contributed by atoms with van der Waals surface area (Å²) in [4.78, 5) is 10.5. The van der Waals surface area contributed by atoms with Crippen LogP contribution in [0.3, 0.4) is 0 Å². The molecule has 3 nitrogen and oxygen atoms in total. The second-order valence-electron chi connectivity index (χ2n) is 2.62. The molecule has 0 atom stereocenters. The van der Waals surface area contributed by atoms with Gasteiger partial charge in [-0.1, -0.05) is 17.7 Å². The van der Waals surface area contributed by atoms with E-state index in [0.717, 1.165) is 11.1 Å². The van der Waals surface area contributed by atoms with Gasteiger partial charge in [-0.15, -0.1) is 0 Å². The second-order valence-corrected chi connectivity index (χ2v) is 2.62. The van der Waals surface area contributed by atoms with Crippen molar-refractivity contribution in [2.75, 3.05) is 0 Å². The second kappa shape index (κ2) is 7.98. The van der Waals surface area contributed by atoms with E-state index in [9.17, 15) is 4.79 Å². The quantitative estimate of drug-likeness (QED) is 0.649. The summed E-state index contributed by atoms with van der Waals surface area (Å²) in [5.74, 6) is -0.859. The van der Waals surface area contributed by atoms with E-state index in [0.29, 0.717) is 5.56 Å². The van der Waals surface area contributed by atoms with Gasteiger partial charge in [-0.25, -0.2) is 4.79 Å². The topological polar surface area (TPSA) is 72.3 Å². The van der Waals surface area contributed by atoms with Crippen LogP contribution in [0.25, 0.3) is 0 Å². The number of halogens is 1.